The average molecular weight is 493 g/mol. The number of carbonyl (C=O) groups excluding carboxylic acids is 1. The lowest BCUT2D eigenvalue weighted by molar-refractivity contribution is 0.0598. The topological polar surface area (TPSA) is 107 Å². The number of rotatable bonds is 10. The highest BCUT2D eigenvalue weighted by atomic mass is 16.5. The van der Waals surface area contributed by atoms with Crippen molar-refractivity contribution in [3.8, 4) is 17.0 Å². The minimum Gasteiger partial charge on any atom is -0.478 e. The molecule has 1 fully saturated rings. The molecule has 1 amide bonds. The van der Waals surface area contributed by atoms with E-state index < -0.39 is 5.91 Å². The lowest BCUT2D eigenvalue weighted by Crippen LogP contribution is -2.39. The quantitative estimate of drug-likeness (QED) is 0.429. The van der Waals surface area contributed by atoms with E-state index in [4.69, 9.17) is 15.2 Å². The fourth-order valence-corrected chi connectivity index (χ4v) is 4.71. The second-order valence-electron chi connectivity index (χ2n) is 9.69. The number of primary amides is 1. The van der Waals surface area contributed by atoms with E-state index in [0.29, 0.717) is 29.6 Å². The molecule has 192 valence electrons. The van der Waals surface area contributed by atoms with Crippen LogP contribution in [0.2, 0.25) is 0 Å². The lowest BCUT2D eigenvalue weighted by atomic mass is 9.91. The number of ether oxygens (including phenoxy) is 2. The van der Waals surface area contributed by atoms with Crippen LogP contribution in [0.1, 0.15) is 36.7 Å². The van der Waals surface area contributed by atoms with Gasteiger partial charge in [-0.1, -0.05) is 6.07 Å². The number of pyridine rings is 1. The summed E-state index contributed by atoms with van der Waals surface area (Å²) in [5.41, 5.74) is 9.25. The zero-order valence-electron chi connectivity index (χ0n) is 21.6. The van der Waals surface area contributed by atoms with Gasteiger partial charge in [0.25, 0.3) is 5.91 Å². The summed E-state index contributed by atoms with van der Waals surface area (Å²) in [5.74, 6) is 0.462. The highest BCUT2D eigenvalue weighted by Crippen LogP contribution is 2.34. The van der Waals surface area contributed by atoms with E-state index in [9.17, 15) is 4.79 Å². The lowest BCUT2D eigenvalue weighted by Gasteiger charge is -2.36. The highest BCUT2D eigenvalue weighted by Gasteiger charge is 2.28. The Morgan fingerprint density at radius 1 is 1.14 bits per heavy atom. The van der Waals surface area contributed by atoms with Crippen molar-refractivity contribution in [3.05, 3.63) is 42.2 Å². The molecule has 1 saturated heterocycles. The molecule has 3 heterocycles. The summed E-state index contributed by atoms with van der Waals surface area (Å²) in [6.07, 6.45) is 4.70. The van der Waals surface area contributed by atoms with Gasteiger partial charge in [0, 0.05) is 56.1 Å². The first-order chi connectivity index (χ1) is 17.3. The summed E-state index contributed by atoms with van der Waals surface area (Å²) >= 11 is 0. The van der Waals surface area contributed by atoms with E-state index in [1.54, 1.807) is 6.20 Å². The Labute approximate surface area is 212 Å². The maximum absolute atomic E-state index is 12.4. The van der Waals surface area contributed by atoms with Crippen molar-refractivity contribution in [1.29, 1.82) is 0 Å². The Morgan fingerprint density at radius 2 is 1.89 bits per heavy atom. The number of fused-ring (bicyclic) bond motifs is 1. The van der Waals surface area contributed by atoms with E-state index in [2.05, 4.69) is 31.9 Å². The molecule has 1 aliphatic heterocycles. The van der Waals surface area contributed by atoms with Gasteiger partial charge in [0.2, 0.25) is 5.88 Å². The number of carbonyl (C=O) groups is 1. The van der Waals surface area contributed by atoms with Crippen LogP contribution in [0.4, 0.5) is 5.69 Å². The Hall–Kier alpha value is -3.30. The number of nitrogens with two attached hydrogens (primary N) is 1. The highest BCUT2D eigenvalue weighted by molar-refractivity contribution is 6.06. The number of hydrogen-bond donors (Lipinski definition) is 1. The average Bonchev–Trinajstić information content (AvgIpc) is 2.90. The predicted octanol–water partition coefficient (Wildman–Crippen LogP) is 3.37. The van der Waals surface area contributed by atoms with Gasteiger partial charge >= 0.3 is 0 Å². The fourth-order valence-electron chi connectivity index (χ4n) is 4.71. The molecule has 1 atom stereocenters. The van der Waals surface area contributed by atoms with Gasteiger partial charge in [-0.3, -0.25) is 4.79 Å². The summed E-state index contributed by atoms with van der Waals surface area (Å²) in [5, 5.41) is 9.31. The van der Waals surface area contributed by atoms with Crippen molar-refractivity contribution in [2.75, 3.05) is 52.4 Å². The Morgan fingerprint density at radius 3 is 2.56 bits per heavy atom. The minimum atomic E-state index is -0.590. The van der Waals surface area contributed by atoms with Crippen LogP contribution in [0.25, 0.3) is 22.0 Å². The van der Waals surface area contributed by atoms with Crippen LogP contribution >= 0.6 is 0 Å². The van der Waals surface area contributed by atoms with E-state index in [1.165, 1.54) is 0 Å². The summed E-state index contributed by atoms with van der Waals surface area (Å²) in [6.45, 7) is 5.28. The molecule has 0 spiro atoms. The van der Waals surface area contributed by atoms with Gasteiger partial charge < -0.3 is 25.0 Å². The van der Waals surface area contributed by atoms with Gasteiger partial charge in [0.15, 0.2) is 5.69 Å². The number of anilines is 1. The Kier molecular flexibility index (Phi) is 8.32. The number of amides is 1. The van der Waals surface area contributed by atoms with Gasteiger partial charge in [-0.25, -0.2) is 4.98 Å². The third-order valence-corrected chi connectivity index (χ3v) is 6.95. The molecular formula is C27H36N6O3. The third kappa shape index (κ3) is 5.91. The van der Waals surface area contributed by atoms with Crippen LogP contribution in [0.15, 0.2) is 36.5 Å². The Balaban J connectivity index is 1.64. The number of aromatic nitrogens is 3. The van der Waals surface area contributed by atoms with E-state index in [-0.39, 0.29) is 11.7 Å². The van der Waals surface area contributed by atoms with E-state index >= 15 is 0 Å². The normalized spacial score (nSPS) is 15.2. The van der Waals surface area contributed by atoms with Crippen molar-refractivity contribution in [2.24, 2.45) is 11.7 Å². The summed E-state index contributed by atoms with van der Waals surface area (Å²) in [7, 11) is 6.09. The largest absolute Gasteiger partial charge is 0.478 e. The summed E-state index contributed by atoms with van der Waals surface area (Å²) in [6, 6.07) is 10.00. The van der Waals surface area contributed by atoms with E-state index in [0.717, 1.165) is 55.5 Å². The summed E-state index contributed by atoms with van der Waals surface area (Å²) in [4.78, 5) is 21.1. The first-order valence-electron chi connectivity index (χ1n) is 12.5. The molecule has 0 aliphatic carbocycles. The second kappa shape index (κ2) is 11.6. The van der Waals surface area contributed by atoms with Gasteiger partial charge in [-0.05, 0) is 70.0 Å². The zero-order valence-corrected chi connectivity index (χ0v) is 21.6. The van der Waals surface area contributed by atoms with Gasteiger partial charge in [-0.2, -0.15) is 0 Å². The van der Waals surface area contributed by atoms with Crippen molar-refractivity contribution in [3.63, 3.8) is 0 Å². The fraction of sp³-hybridized carbons (Fsp3) is 0.481. The van der Waals surface area contributed by atoms with Crippen molar-refractivity contribution >= 4 is 22.5 Å². The van der Waals surface area contributed by atoms with Crippen LogP contribution in [0.5, 0.6) is 5.88 Å². The number of hydrogen-bond acceptors (Lipinski definition) is 8. The molecule has 4 rings (SSSR count). The number of benzene rings is 1. The third-order valence-electron chi connectivity index (χ3n) is 6.95. The standard InChI is InChI=1S/C27H36N6O3/c1-18(19-10-14-35-15-11-19)33(4)26-22-16-20(6-8-23(22)30-31-25(26)27(28)34)21-7-9-24(29-17-21)36-13-5-12-32(2)3/h6-9,16-19H,5,10-15H2,1-4H3,(H2,28,34)/t18-/m0/s1. The van der Waals surface area contributed by atoms with Crippen LogP contribution < -0.4 is 15.4 Å². The van der Waals surface area contributed by atoms with Crippen molar-refractivity contribution < 1.29 is 14.3 Å². The molecule has 1 aliphatic rings. The van der Waals surface area contributed by atoms with Gasteiger partial charge in [-0.15, -0.1) is 10.2 Å². The minimum absolute atomic E-state index is 0.175. The monoisotopic (exact) mass is 492 g/mol. The maximum Gasteiger partial charge on any atom is 0.271 e. The maximum atomic E-state index is 12.4. The Bertz CT molecular complexity index is 1180. The molecule has 0 unspecified atom stereocenters. The zero-order chi connectivity index (χ0) is 25.7. The van der Waals surface area contributed by atoms with Crippen LogP contribution in [-0.2, 0) is 4.74 Å². The molecule has 0 radical (unpaired) electrons. The van der Waals surface area contributed by atoms with Crippen molar-refractivity contribution in [1.82, 2.24) is 20.1 Å². The first kappa shape index (κ1) is 25.8. The van der Waals surface area contributed by atoms with Crippen molar-refractivity contribution in [2.45, 2.75) is 32.2 Å². The SMILES string of the molecule is C[C@@H](C1CCOCC1)N(C)c1c(C(N)=O)nnc2ccc(-c3ccc(OCCCN(C)C)nc3)cc12. The van der Waals surface area contributed by atoms with Crippen LogP contribution in [-0.4, -0.2) is 79.5 Å². The molecule has 0 saturated carbocycles. The number of nitrogens with zero attached hydrogens (tertiary/aromatic N) is 5. The van der Waals surface area contributed by atoms with Crippen LogP contribution in [0.3, 0.4) is 0 Å². The molecule has 2 N–H and O–H groups in total. The van der Waals surface area contributed by atoms with Gasteiger partial charge in [0.05, 0.1) is 17.8 Å². The van der Waals surface area contributed by atoms with Gasteiger partial charge in [0.1, 0.15) is 0 Å². The van der Waals surface area contributed by atoms with Crippen LogP contribution in [0, 0.1) is 5.92 Å². The molecule has 2 aromatic heterocycles. The molecule has 0 bridgehead atoms. The molecule has 9 heteroatoms. The molecule has 3 aromatic rings. The predicted molar refractivity (Wildman–Crippen MR) is 141 cm³/mol. The smallest absolute Gasteiger partial charge is 0.271 e. The first-order valence-corrected chi connectivity index (χ1v) is 12.5. The summed E-state index contributed by atoms with van der Waals surface area (Å²) < 4.78 is 11.3. The molecular weight excluding hydrogens is 456 g/mol. The molecule has 9 nitrogen and oxygen atoms in total. The second-order valence-corrected chi connectivity index (χ2v) is 9.69. The molecule has 36 heavy (non-hydrogen) atoms. The van der Waals surface area contributed by atoms with E-state index in [1.807, 2.05) is 51.5 Å². The molecule has 1 aromatic carbocycles.